The van der Waals surface area contributed by atoms with Crippen molar-refractivity contribution in [3.8, 4) is 11.5 Å². The quantitative estimate of drug-likeness (QED) is 0.721. The second-order valence-electron chi connectivity index (χ2n) is 7.18. The molecule has 0 radical (unpaired) electrons. The first-order valence-corrected chi connectivity index (χ1v) is 9.83. The standard InChI is InChI=1S/C23H27NO5/c1-15(23(26)24-19-10-11-20(27-2)21(14-19)28-3)29-22(25)13-16-8-9-17-6-4-5-7-18(17)12-16/h8-12,14-15H,4-7,13H2,1-3H3,(H,24,26)/t15-/m0/s1. The molecule has 154 valence electrons. The van der Waals surface area contributed by atoms with Crippen LogP contribution in [0.5, 0.6) is 11.5 Å². The van der Waals surface area contributed by atoms with Crippen molar-refractivity contribution < 1.29 is 23.8 Å². The summed E-state index contributed by atoms with van der Waals surface area (Å²) >= 11 is 0. The van der Waals surface area contributed by atoms with Gasteiger partial charge in [-0.3, -0.25) is 9.59 Å². The number of ether oxygens (including phenoxy) is 3. The highest BCUT2D eigenvalue weighted by Crippen LogP contribution is 2.29. The summed E-state index contributed by atoms with van der Waals surface area (Å²) in [7, 11) is 3.06. The Morgan fingerprint density at radius 1 is 0.966 bits per heavy atom. The Labute approximate surface area is 171 Å². The minimum absolute atomic E-state index is 0.154. The first-order valence-electron chi connectivity index (χ1n) is 9.83. The topological polar surface area (TPSA) is 73.9 Å². The Balaban J connectivity index is 1.56. The van der Waals surface area contributed by atoms with Crippen molar-refractivity contribution in [2.75, 3.05) is 19.5 Å². The molecule has 0 fully saturated rings. The monoisotopic (exact) mass is 397 g/mol. The van der Waals surface area contributed by atoms with Crippen molar-refractivity contribution >= 4 is 17.6 Å². The lowest BCUT2D eigenvalue weighted by Crippen LogP contribution is -2.30. The van der Waals surface area contributed by atoms with Crippen LogP contribution in [0.15, 0.2) is 36.4 Å². The van der Waals surface area contributed by atoms with E-state index >= 15 is 0 Å². The third kappa shape index (κ3) is 5.28. The summed E-state index contributed by atoms with van der Waals surface area (Å²) in [6, 6.07) is 11.2. The Hall–Kier alpha value is -3.02. The van der Waals surface area contributed by atoms with E-state index in [9.17, 15) is 9.59 Å². The summed E-state index contributed by atoms with van der Waals surface area (Å²) in [5.41, 5.74) is 4.14. The van der Waals surface area contributed by atoms with Crippen molar-refractivity contribution in [1.29, 1.82) is 0 Å². The van der Waals surface area contributed by atoms with Crippen LogP contribution in [0, 0.1) is 0 Å². The van der Waals surface area contributed by atoms with Crippen molar-refractivity contribution in [2.45, 2.75) is 45.1 Å². The SMILES string of the molecule is COc1ccc(NC(=O)[C@H](C)OC(=O)Cc2ccc3c(c2)CCCC3)cc1OC. The zero-order chi connectivity index (χ0) is 20.8. The average molecular weight is 397 g/mol. The van der Waals surface area contributed by atoms with E-state index in [1.165, 1.54) is 31.1 Å². The number of benzene rings is 2. The van der Waals surface area contributed by atoms with Crippen molar-refractivity contribution in [3.05, 3.63) is 53.1 Å². The minimum Gasteiger partial charge on any atom is -0.493 e. The molecular formula is C23H27NO5. The first-order chi connectivity index (χ1) is 14.0. The van der Waals surface area contributed by atoms with Crippen LogP contribution in [0.4, 0.5) is 5.69 Å². The normalized spacial score (nSPS) is 13.8. The molecule has 2 aromatic carbocycles. The van der Waals surface area contributed by atoms with Gasteiger partial charge in [-0.1, -0.05) is 18.2 Å². The molecule has 1 atom stereocenters. The molecule has 0 unspecified atom stereocenters. The molecule has 1 N–H and O–H groups in total. The molecule has 29 heavy (non-hydrogen) atoms. The smallest absolute Gasteiger partial charge is 0.311 e. The summed E-state index contributed by atoms with van der Waals surface area (Å²) in [4.78, 5) is 24.7. The second kappa shape index (κ2) is 9.45. The summed E-state index contributed by atoms with van der Waals surface area (Å²) in [5, 5.41) is 2.73. The predicted molar refractivity (Wildman–Crippen MR) is 111 cm³/mol. The van der Waals surface area contributed by atoms with Gasteiger partial charge in [-0.25, -0.2) is 0 Å². The molecule has 2 aromatic rings. The number of esters is 1. The highest BCUT2D eigenvalue weighted by atomic mass is 16.5. The largest absolute Gasteiger partial charge is 0.493 e. The molecule has 0 bridgehead atoms. The molecule has 1 amide bonds. The van der Waals surface area contributed by atoms with Crippen LogP contribution in [0.3, 0.4) is 0 Å². The number of hydrogen-bond donors (Lipinski definition) is 1. The fourth-order valence-electron chi connectivity index (χ4n) is 3.51. The molecular weight excluding hydrogens is 370 g/mol. The molecule has 1 aliphatic rings. The Bertz CT molecular complexity index is 893. The maximum Gasteiger partial charge on any atom is 0.311 e. The van der Waals surface area contributed by atoms with Crippen LogP contribution in [-0.2, 0) is 33.6 Å². The average Bonchev–Trinajstić information content (AvgIpc) is 2.73. The predicted octanol–water partition coefficient (Wildman–Crippen LogP) is 3.70. The minimum atomic E-state index is -0.909. The lowest BCUT2D eigenvalue weighted by atomic mass is 9.90. The fraction of sp³-hybridized carbons (Fsp3) is 0.391. The fourth-order valence-corrected chi connectivity index (χ4v) is 3.51. The second-order valence-corrected chi connectivity index (χ2v) is 7.18. The molecule has 0 heterocycles. The highest BCUT2D eigenvalue weighted by Gasteiger charge is 2.19. The first kappa shape index (κ1) is 20.7. The molecule has 0 aliphatic heterocycles. The van der Waals surface area contributed by atoms with Gasteiger partial charge in [-0.15, -0.1) is 0 Å². The lowest BCUT2D eigenvalue weighted by molar-refractivity contribution is -0.152. The zero-order valence-corrected chi connectivity index (χ0v) is 17.1. The van der Waals surface area contributed by atoms with E-state index in [1.807, 2.05) is 6.07 Å². The van der Waals surface area contributed by atoms with Gasteiger partial charge in [0.25, 0.3) is 5.91 Å². The van der Waals surface area contributed by atoms with Gasteiger partial charge in [0.05, 0.1) is 20.6 Å². The van der Waals surface area contributed by atoms with E-state index in [-0.39, 0.29) is 6.42 Å². The van der Waals surface area contributed by atoms with Crippen molar-refractivity contribution in [1.82, 2.24) is 0 Å². The van der Waals surface area contributed by atoms with Gasteiger partial charge in [0.15, 0.2) is 17.6 Å². The van der Waals surface area contributed by atoms with E-state index < -0.39 is 18.0 Å². The number of methoxy groups -OCH3 is 2. The van der Waals surface area contributed by atoms with Crippen LogP contribution >= 0.6 is 0 Å². The number of rotatable bonds is 7. The van der Waals surface area contributed by atoms with Crippen LogP contribution < -0.4 is 14.8 Å². The third-order valence-corrected chi connectivity index (χ3v) is 5.09. The van der Waals surface area contributed by atoms with Crippen LogP contribution in [0.25, 0.3) is 0 Å². The van der Waals surface area contributed by atoms with Crippen LogP contribution in [0.2, 0.25) is 0 Å². The summed E-state index contributed by atoms with van der Waals surface area (Å²) in [5.74, 6) is 0.240. The van der Waals surface area contributed by atoms with Crippen molar-refractivity contribution in [2.24, 2.45) is 0 Å². The van der Waals surface area contributed by atoms with Crippen LogP contribution in [0.1, 0.15) is 36.5 Å². The van der Waals surface area contributed by atoms with Crippen molar-refractivity contribution in [3.63, 3.8) is 0 Å². The molecule has 0 spiro atoms. The van der Waals surface area contributed by atoms with Gasteiger partial charge in [-0.05, 0) is 61.4 Å². The van der Waals surface area contributed by atoms with E-state index in [2.05, 4.69) is 17.4 Å². The molecule has 0 saturated heterocycles. The Morgan fingerprint density at radius 3 is 2.41 bits per heavy atom. The van der Waals surface area contributed by atoms with E-state index in [0.717, 1.165) is 18.4 Å². The maximum atomic E-state index is 12.4. The van der Waals surface area contributed by atoms with E-state index in [0.29, 0.717) is 17.2 Å². The third-order valence-electron chi connectivity index (χ3n) is 5.09. The van der Waals surface area contributed by atoms with Crippen LogP contribution in [-0.4, -0.2) is 32.2 Å². The molecule has 6 heteroatoms. The molecule has 6 nitrogen and oxygen atoms in total. The number of carbonyl (C=O) groups excluding carboxylic acids is 2. The molecule has 1 aliphatic carbocycles. The van der Waals surface area contributed by atoms with Gasteiger partial charge < -0.3 is 19.5 Å². The molecule has 0 aromatic heterocycles. The lowest BCUT2D eigenvalue weighted by Gasteiger charge is -2.17. The Kier molecular flexibility index (Phi) is 6.75. The Morgan fingerprint density at radius 2 is 1.69 bits per heavy atom. The number of aryl methyl sites for hydroxylation is 2. The number of nitrogens with one attached hydrogen (secondary N) is 1. The number of anilines is 1. The van der Waals surface area contributed by atoms with E-state index in [4.69, 9.17) is 14.2 Å². The molecule has 3 rings (SSSR count). The summed E-state index contributed by atoms with van der Waals surface area (Å²) in [6.07, 6.45) is 3.82. The highest BCUT2D eigenvalue weighted by molar-refractivity contribution is 5.95. The zero-order valence-electron chi connectivity index (χ0n) is 17.1. The van der Waals surface area contributed by atoms with Gasteiger partial charge in [0.1, 0.15) is 0 Å². The summed E-state index contributed by atoms with van der Waals surface area (Å²) in [6.45, 7) is 1.56. The summed E-state index contributed by atoms with van der Waals surface area (Å²) < 4.78 is 15.7. The van der Waals surface area contributed by atoms with Gasteiger partial charge in [0.2, 0.25) is 0 Å². The van der Waals surface area contributed by atoms with Gasteiger partial charge in [-0.2, -0.15) is 0 Å². The maximum absolute atomic E-state index is 12.4. The van der Waals surface area contributed by atoms with Gasteiger partial charge >= 0.3 is 5.97 Å². The number of fused-ring (bicyclic) bond motifs is 1. The number of amides is 1. The number of hydrogen-bond acceptors (Lipinski definition) is 5. The number of carbonyl (C=O) groups is 2. The van der Waals surface area contributed by atoms with Gasteiger partial charge in [0, 0.05) is 11.8 Å². The van der Waals surface area contributed by atoms with E-state index in [1.54, 1.807) is 32.2 Å². The molecule has 0 saturated carbocycles.